The van der Waals surface area contributed by atoms with Crippen LogP contribution in [0.4, 0.5) is 4.39 Å². The zero-order chi connectivity index (χ0) is 7.78. The average molecular weight is 144 g/mol. The Balaban J connectivity index is 2.57. The number of rotatable bonds is 0. The minimum absolute atomic E-state index is 0.0413. The number of alkyl halides is 1. The molecule has 0 aromatic heterocycles. The van der Waals surface area contributed by atoms with Gasteiger partial charge in [-0.1, -0.05) is 13.8 Å². The molecule has 0 bridgehead atoms. The summed E-state index contributed by atoms with van der Waals surface area (Å²) in [5, 5.41) is 0. The van der Waals surface area contributed by atoms with E-state index in [1.807, 2.05) is 13.8 Å². The molecule has 1 saturated carbocycles. The summed E-state index contributed by atoms with van der Waals surface area (Å²) in [5.74, 6) is -0.212. The highest BCUT2D eigenvalue weighted by Gasteiger charge is 2.32. The Hall–Kier alpha value is -0.400. The van der Waals surface area contributed by atoms with Gasteiger partial charge in [0.05, 0.1) is 0 Å². The topological polar surface area (TPSA) is 17.1 Å². The maximum atomic E-state index is 12.6. The average Bonchev–Trinajstić information content (AvgIpc) is 1.79. The van der Waals surface area contributed by atoms with E-state index < -0.39 is 6.17 Å². The molecule has 0 saturated heterocycles. The lowest BCUT2D eigenvalue weighted by atomic mass is 9.76. The Morgan fingerprint density at radius 1 is 1.60 bits per heavy atom. The molecule has 0 spiro atoms. The third-order valence-corrected chi connectivity index (χ3v) is 2.08. The zero-order valence-electron chi connectivity index (χ0n) is 6.48. The fourth-order valence-electron chi connectivity index (χ4n) is 1.35. The molecule has 1 fully saturated rings. The summed E-state index contributed by atoms with van der Waals surface area (Å²) in [5.41, 5.74) is 0.0413. The summed E-state index contributed by atoms with van der Waals surface area (Å²) >= 11 is 0. The Morgan fingerprint density at radius 2 is 2.20 bits per heavy atom. The van der Waals surface area contributed by atoms with Gasteiger partial charge in [-0.15, -0.1) is 0 Å². The molecule has 2 heteroatoms. The van der Waals surface area contributed by atoms with Crippen LogP contribution in [0.1, 0.15) is 33.1 Å². The van der Waals surface area contributed by atoms with Crippen molar-refractivity contribution in [2.45, 2.75) is 39.3 Å². The molecule has 1 nitrogen and oxygen atoms in total. The van der Waals surface area contributed by atoms with E-state index in [0.717, 1.165) is 6.42 Å². The molecule has 0 aromatic carbocycles. The number of hydrogen-bond donors (Lipinski definition) is 0. The van der Waals surface area contributed by atoms with Crippen LogP contribution in [0.15, 0.2) is 0 Å². The Morgan fingerprint density at radius 3 is 2.60 bits per heavy atom. The number of ketones is 1. The first kappa shape index (κ1) is 7.70. The zero-order valence-corrected chi connectivity index (χ0v) is 6.48. The molecule has 1 rings (SSSR count). The van der Waals surface area contributed by atoms with Crippen molar-refractivity contribution in [1.82, 2.24) is 0 Å². The second-order valence-electron chi connectivity index (χ2n) is 3.81. The molecular formula is C8H13FO. The first-order valence-electron chi connectivity index (χ1n) is 3.68. The largest absolute Gasteiger partial charge is 0.296 e. The van der Waals surface area contributed by atoms with Crippen LogP contribution in [-0.4, -0.2) is 12.0 Å². The van der Waals surface area contributed by atoms with Crippen LogP contribution >= 0.6 is 0 Å². The van der Waals surface area contributed by atoms with Crippen molar-refractivity contribution in [2.75, 3.05) is 0 Å². The quantitative estimate of drug-likeness (QED) is 0.509. The number of halogens is 1. The van der Waals surface area contributed by atoms with E-state index >= 15 is 0 Å². The second-order valence-corrected chi connectivity index (χ2v) is 3.81. The van der Waals surface area contributed by atoms with Gasteiger partial charge in [0.25, 0.3) is 0 Å². The van der Waals surface area contributed by atoms with Crippen LogP contribution in [0.2, 0.25) is 0 Å². The molecule has 0 aromatic rings. The predicted octanol–water partition coefficient (Wildman–Crippen LogP) is 2.10. The molecule has 0 N–H and O–H groups in total. The number of carbonyl (C=O) groups is 1. The summed E-state index contributed by atoms with van der Waals surface area (Å²) in [4.78, 5) is 10.8. The van der Waals surface area contributed by atoms with E-state index in [9.17, 15) is 9.18 Å². The molecule has 0 amide bonds. The summed E-state index contributed by atoms with van der Waals surface area (Å²) in [6.07, 6.45) is 0.493. The minimum Gasteiger partial charge on any atom is -0.296 e. The van der Waals surface area contributed by atoms with Crippen molar-refractivity contribution in [1.29, 1.82) is 0 Å². The molecule has 1 atom stereocenters. The fourth-order valence-corrected chi connectivity index (χ4v) is 1.35. The van der Waals surface area contributed by atoms with Crippen LogP contribution in [0, 0.1) is 5.41 Å². The number of Topliss-reactive ketones (excluding diaryl/α,β-unsaturated/α-hetero) is 1. The third-order valence-electron chi connectivity index (χ3n) is 2.08. The van der Waals surface area contributed by atoms with Crippen molar-refractivity contribution in [2.24, 2.45) is 5.41 Å². The van der Waals surface area contributed by atoms with E-state index in [2.05, 4.69) is 0 Å². The maximum absolute atomic E-state index is 12.6. The van der Waals surface area contributed by atoms with Gasteiger partial charge in [-0.3, -0.25) is 4.79 Å². The Bertz CT molecular complexity index is 151. The van der Waals surface area contributed by atoms with Crippen LogP contribution in [0.3, 0.4) is 0 Å². The van der Waals surface area contributed by atoms with E-state index in [0.29, 0.717) is 12.8 Å². The van der Waals surface area contributed by atoms with Gasteiger partial charge in [-0.25, -0.2) is 4.39 Å². The predicted molar refractivity (Wildman–Crippen MR) is 37.5 cm³/mol. The molecule has 0 unspecified atom stereocenters. The summed E-state index contributed by atoms with van der Waals surface area (Å²) in [6.45, 7) is 4.02. The van der Waals surface area contributed by atoms with E-state index in [-0.39, 0.29) is 11.2 Å². The normalized spacial score (nSPS) is 32.3. The third kappa shape index (κ3) is 1.55. The van der Waals surface area contributed by atoms with Gasteiger partial charge in [0.2, 0.25) is 0 Å². The number of carbonyl (C=O) groups excluding carboxylic acids is 1. The molecule has 1 aliphatic carbocycles. The monoisotopic (exact) mass is 144 g/mol. The highest BCUT2D eigenvalue weighted by molar-refractivity contribution is 5.84. The van der Waals surface area contributed by atoms with Gasteiger partial charge < -0.3 is 0 Å². The van der Waals surface area contributed by atoms with Crippen LogP contribution in [0.25, 0.3) is 0 Å². The molecule has 1 aliphatic rings. The van der Waals surface area contributed by atoms with Gasteiger partial charge in [0, 0.05) is 6.42 Å². The van der Waals surface area contributed by atoms with Crippen LogP contribution < -0.4 is 0 Å². The van der Waals surface area contributed by atoms with Crippen molar-refractivity contribution in [3.63, 3.8) is 0 Å². The standard InChI is InChI=1S/C8H13FO/c1-8(2)4-3-6(9)7(10)5-8/h6H,3-5H2,1-2H3/t6-/m1/s1. The van der Waals surface area contributed by atoms with Crippen molar-refractivity contribution in [3.8, 4) is 0 Å². The molecule has 0 aliphatic heterocycles. The van der Waals surface area contributed by atoms with Gasteiger partial charge in [0.1, 0.15) is 0 Å². The summed E-state index contributed by atoms with van der Waals surface area (Å²) < 4.78 is 12.6. The summed E-state index contributed by atoms with van der Waals surface area (Å²) in [7, 11) is 0. The van der Waals surface area contributed by atoms with Crippen LogP contribution in [-0.2, 0) is 4.79 Å². The molecule has 0 radical (unpaired) electrons. The van der Waals surface area contributed by atoms with Crippen molar-refractivity contribution in [3.05, 3.63) is 0 Å². The van der Waals surface area contributed by atoms with Crippen molar-refractivity contribution >= 4 is 5.78 Å². The Labute approximate surface area is 60.6 Å². The lowest BCUT2D eigenvalue weighted by molar-refractivity contribution is -0.128. The first-order valence-corrected chi connectivity index (χ1v) is 3.68. The molecular weight excluding hydrogens is 131 g/mol. The molecule has 58 valence electrons. The first-order chi connectivity index (χ1) is 4.51. The highest BCUT2D eigenvalue weighted by atomic mass is 19.1. The SMILES string of the molecule is CC1(C)CC[C@@H](F)C(=O)C1. The van der Waals surface area contributed by atoms with Gasteiger partial charge >= 0.3 is 0 Å². The molecule has 0 heterocycles. The van der Waals surface area contributed by atoms with E-state index in [1.54, 1.807) is 0 Å². The van der Waals surface area contributed by atoms with Gasteiger partial charge in [0.15, 0.2) is 12.0 Å². The van der Waals surface area contributed by atoms with Gasteiger partial charge in [-0.2, -0.15) is 0 Å². The maximum Gasteiger partial charge on any atom is 0.167 e. The molecule has 10 heavy (non-hydrogen) atoms. The van der Waals surface area contributed by atoms with Crippen molar-refractivity contribution < 1.29 is 9.18 Å². The Kier molecular flexibility index (Phi) is 1.80. The van der Waals surface area contributed by atoms with Crippen LogP contribution in [0.5, 0.6) is 0 Å². The second kappa shape index (κ2) is 2.33. The van der Waals surface area contributed by atoms with Gasteiger partial charge in [-0.05, 0) is 18.3 Å². The van der Waals surface area contributed by atoms with E-state index in [1.165, 1.54) is 0 Å². The van der Waals surface area contributed by atoms with E-state index in [4.69, 9.17) is 0 Å². The smallest absolute Gasteiger partial charge is 0.167 e. The fraction of sp³-hybridized carbons (Fsp3) is 0.875. The highest BCUT2D eigenvalue weighted by Crippen LogP contribution is 2.34. The summed E-state index contributed by atoms with van der Waals surface area (Å²) in [6, 6.07) is 0. The minimum atomic E-state index is -1.17. The number of hydrogen-bond acceptors (Lipinski definition) is 1. The lowest BCUT2D eigenvalue weighted by Gasteiger charge is -2.29. The lowest BCUT2D eigenvalue weighted by Crippen LogP contribution is -2.30.